The second-order valence-corrected chi connectivity index (χ2v) is 6.71. The summed E-state index contributed by atoms with van der Waals surface area (Å²) in [4.78, 5) is 2.21. The zero-order chi connectivity index (χ0) is 15.5. The number of nitrogens with zero attached hydrogens (tertiary/aromatic N) is 1. The molecule has 0 atom stereocenters. The Labute approximate surface area is 177 Å². The highest BCUT2D eigenvalue weighted by atomic mass is 79.9. The molecular weight excluding hydrogens is 444 g/mol. The maximum absolute atomic E-state index is 6.02. The van der Waals surface area contributed by atoms with Crippen molar-refractivity contribution in [2.45, 2.75) is 13.0 Å². The first-order valence-electron chi connectivity index (χ1n) is 7.51. The van der Waals surface area contributed by atoms with Crippen LogP contribution in [0.5, 0.6) is 5.75 Å². The van der Waals surface area contributed by atoms with E-state index in [0.717, 1.165) is 28.8 Å². The van der Waals surface area contributed by atoms with Crippen LogP contribution >= 0.6 is 53.2 Å². The third-order valence-electron chi connectivity index (χ3n) is 3.85. The van der Waals surface area contributed by atoms with E-state index in [9.17, 15) is 0 Å². The minimum Gasteiger partial charge on any atom is -0.488 e. The van der Waals surface area contributed by atoms with Crippen LogP contribution in [0.3, 0.4) is 0 Å². The largest absolute Gasteiger partial charge is 0.488 e. The van der Waals surface area contributed by atoms with Crippen LogP contribution in [0, 0.1) is 0 Å². The number of ether oxygens (including phenoxy) is 1. The Morgan fingerprint density at radius 2 is 1.76 bits per heavy atom. The Morgan fingerprint density at radius 1 is 1.04 bits per heavy atom. The molecule has 2 aromatic rings. The molecule has 0 fully saturated rings. The van der Waals surface area contributed by atoms with E-state index in [2.05, 4.69) is 71.3 Å². The van der Waals surface area contributed by atoms with Gasteiger partial charge in [-0.05, 0) is 55.4 Å². The van der Waals surface area contributed by atoms with Crippen molar-refractivity contribution in [1.82, 2.24) is 4.90 Å². The second-order valence-electron chi connectivity index (χ2n) is 5.80. The van der Waals surface area contributed by atoms with Gasteiger partial charge in [-0.2, -0.15) is 0 Å². The van der Waals surface area contributed by atoms with Crippen LogP contribution in [0.25, 0.3) is 5.57 Å². The third-order valence-corrected chi connectivity index (χ3v) is 4.34. The molecule has 0 bridgehead atoms. The molecule has 1 aliphatic heterocycles. The van der Waals surface area contributed by atoms with Crippen LogP contribution in [0.15, 0.2) is 53.0 Å². The lowest BCUT2D eigenvalue weighted by Crippen LogP contribution is -2.12. The Balaban J connectivity index is 0.00000192. The Bertz CT molecular complexity index is 720. The van der Waals surface area contributed by atoms with Gasteiger partial charge in [0, 0.05) is 16.6 Å². The zero-order valence-corrected chi connectivity index (χ0v) is 18.2. The van der Waals surface area contributed by atoms with Gasteiger partial charge < -0.3 is 9.64 Å². The first-order chi connectivity index (χ1) is 10.6. The molecule has 25 heavy (non-hydrogen) atoms. The summed E-state index contributed by atoms with van der Waals surface area (Å²) in [6, 6.07) is 14.7. The molecule has 0 saturated heterocycles. The highest BCUT2D eigenvalue weighted by molar-refractivity contribution is 9.10. The molecule has 0 saturated carbocycles. The quantitative estimate of drug-likeness (QED) is 0.550. The lowest BCUT2D eigenvalue weighted by atomic mass is 9.93. The number of hydrogen-bond donors (Lipinski definition) is 0. The molecule has 1 aliphatic rings. The topological polar surface area (TPSA) is 12.5 Å². The average molecular weight is 468 g/mol. The first-order valence-corrected chi connectivity index (χ1v) is 8.30. The standard InChI is InChI=1S/C19H20BrNO.3ClH/c1-21(2)11-5-8-17-16-7-4-3-6-14(16)13-22-19-10-9-15(20)12-18(17)19;;;/h3-4,6-10,12H,5,11,13H2,1-2H3;3*1H/b17-8-;;;. The fourth-order valence-electron chi connectivity index (χ4n) is 2.74. The number of benzene rings is 2. The van der Waals surface area contributed by atoms with Gasteiger partial charge in [-0.15, -0.1) is 37.2 Å². The molecular formula is C19H23BrCl3NO. The predicted molar refractivity (Wildman–Crippen MR) is 117 cm³/mol. The van der Waals surface area contributed by atoms with Crippen molar-refractivity contribution in [3.63, 3.8) is 0 Å². The van der Waals surface area contributed by atoms with Gasteiger partial charge >= 0.3 is 0 Å². The highest BCUT2D eigenvalue weighted by Crippen LogP contribution is 2.38. The van der Waals surface area contributed by atoms with Gasteiger partial charge in [0.1, 0.15) is 12.4 Å². The smallest absolute Gasteiger partial charge is 0.127 e. The minimum absolute atomic E-state index is 0. The maximum Gasteiger partial charge on any atom is 0.127 e. The van der Waals surface area contributed by atoms with Crippen molar-refractivity contribution in [3.8, 4) is 5.75 Å². The first kappa shape index (κ1) is 24.3. The summed E-state index contributed by atoms with van der Waals surface area (Å²) in [6.45, 7) is 1.66. The van der Waals surface area contributed by atoms with E-state index < -0.39 is 0 Å². The van der Waals surface area contributed by atoms with Gasteiger partial charge in [-0.25, -0.2) is 0 Å². The van der Waals surface area contributed by atoms with Gasteiger partial charge in [0.15, 0.2) is 0 Å². The summed E-state index contributed by atoms with van der Waals surface area (Å²) in [5.41, 5.74) is 4.95. The molecule has 6 heteroatoms. The van der Waals surface area contributed by atoms with Crippen LogP contribution in [0.2, 0.25) is 0 Å². The molecule has 2 nitrogen and oxygen atoms in total. The van der Waals surface area contributed by atoms with Gasteiger partial charge in [0.2, 0.25) is 0 Å². The van der Waals surface area contributed by atoms with Crippen LogP contribution < -0.4 is 4.74 Å². The fraction of sp³-hybridized carbons (Fsp3) is 0.263. The third kappa shape index (κ3) is 5.90. The summed E-state index contributed by atoms with van der Waals surface area (Å²) in [7, 11) is 4.21. The van der Waals surface area contributed by atoms with Gasteiger partial charge in [-0.1, -0.05) is 46.3 Å². The van der Waals surface area contributed by atoms with Crippen molar-refractivity contribution >= 4 is 58.7 Å². The van der Waals surface area contributed by atoms with E-state index in [-0.39, 0.29) is 37.2 Å². The summed E-state index contributed by atoms with van der Waals surface area (Å²) in [5, 5.41) is 0. The van der Waals surface area contributed by atoms with Crippen molar-refractivity contribution in [3.05, 3.63) is 69.7 Å². The highest BCUT2D eigenvalue weighted by Gasteiger charge is 2.18. The monoisotopic (exact) mass is 465 g/mol. The molecule has 138 valence electrons. The van der Waals surface area contributed by atoms with Crippen LogP contribution in [-0.2, 0) is 6.61 Å². The van der Waals surface area contributed by atoms with E-state index in [0.29, 0.717) is 6.61 Å². The van der Waals surface area contributed by atoms with E-state index in [4.69, 9.17) is 4.74 Å². The molecule has 3 rings (SSSR count). The molecule has 0 spiro atoms. The van der Waals surface area contributed by atoms with Crippen molar-refractivity contribution in [1.29, 1.82) is 0 Å². The normalized spacial score (nSPS) is 13.4. The number of fused-ring (bicyclic) bond motifs is 2. The van der Waals surface area contributed by atoms with E-state index in [1.165, 1.54) is 16.7 Å². The number of rotatable bonds is 3. The Kier molecular flexibility index (Phi) is 10.8. The fourth-order valence-corrected chi connectivity index (χ4v) is 3.10. The van der Waals surface area contributed by atoms with Crippen molar-refractivity contribution in [2.75, 3.05) is 20.6 Å². The summed E-state index contributed by atoms with van der Waals surface area (Å²) < 4.78 is 7.09. The summed E-state index contributed by atoms with van der Waals surface area (Å²) in [6.07, 6.45) is 3.35. The summed E-state index contributed by atoms with van der Waals surface area (Å²) in [5.74, 6) is 0.954. The number of halogens is 4. The minimum atomic E-state index is 0. The van der Waals surface area contributed by atoms with Gasteiger partial charge in [-0.3, -0.25) is 0 Å². The maximum atomic E-state index is 6.02. The van der Waals surface area contributed by atoms with Crippen LogP contribution in [0.1, 0.15) is 23.1 Å². The van der Waals surface area contributed by atoms with Crippen molar-refractivity contribution in [2.24, 2.45) is 0 Å². The lowest BCUT2D eigenvalue weighted by molar-refractivity contribution is 0.307. The second kappa shape index (κ2) is 11.1. The zero-order valence-electron chi connectivity index (χ0n) is 14.2. The van der Waals surface area contributed by atoms with Crippen molar-refractivity contribution < 1.29 is 4.74 Å². The molecule has 0 amide bonds. The molecule has 2 aromatic carbocycles. The molecule has 0 unspecified atom stereocenters. The van der Waals surface area contributed by atoms with Gasteiger partial charge in [0.05, 0.1) is 0 Å². The lowest BCUT2D eigenvalue weighted by Gasteiger charge is -2.12. The molecule has 1 heterocycles. The number of hydrogen-bond acceptors (Lipinski definition) is 2. The molecule has 0 aromatic heterocycles. The summed E-state index contributed by atoms with van der Waals surface area (Å²) >= 11 is 3.58. The predicted octanol–water partition coefficient (Wildman–Crippen LogP) is 5.99. The van der Waals surface area contributed by atoms with E-state index in [1.807, 2.05) is 12.1 Å². The molecule has 0 N–H and O–H groups in total. The average Bonchev–Trinajstić information content (AvgIpc) is 2.65. The Morgan fingerprint density at radius 3 is 2.48 bits per heavy atom. The van der Waals surface area contributed by atoms with Crippen LogP contribution in [0.4, 0.5) is 0 Å². The van der Waals surface area contributed by atoms with Gasteiger partial charge in [0.25, 0.3) is 0 Å². The Hall–Kier alpha value is -0.710. The molecule has 0 radical (unpaired) electrons. The van der Waals surface area contributed by atoms with E-state index in [1.54, 1.807) is 0 Å². The van der Waals surface area contributed by atoms with Crippen LogP contribution in [-0.4, -0.2) is 25.5 Å². The molecule has 0 aliphatic carbocycles. The van der Waals surface area contributed by atoms with E-state index >= 15 is 0 Å². The SMILES string of the molecule is CN(C)CC/C=C1/c2ccccc2COc2ccc(Br)cc21.Cl.Cl.Cl.